The van der Waals surface area contributed by atoms with Gasteiger partial charge in [-0.3, -0.25) is 4.79 Å². The zero-order chi connectivity index (χ0) is 15.3. The molecule has 1 rings (SSSR count). The van der Waals surface area contributed by atoms with Crippen molar-refractivity contribution in [2.45, 2.75) is 39.4 Å². The minimum absolute atomic E-state index is 0.0984. The summed E-state index contributed by atoms with van der Waals surface area (Å²) in [6, 6.07) is 8.97. The maximum absolute atomic E-state index is 12.0. The van der Waals surface area contributed by atoms with Gasteiger partial charge in [-0.2, -0.15) is 0 Å². The number of ether oxygens (including phenoxy) is 2. The number of hydrogen-bond acceptors (Lipinski definition) is 4. The smallest absolute Gasteiger partial charge is 0.338 e. The third-order valence-electron chi connectivity index (χ3n) is 2.36. The van der Waals surface area contributed by atoms with Crippen LogP contribution in [-0.4, -0.2) is 17.5 Å². The molecular formula is C16H20O4. The molecule has 0 aliphatic heterocycles. The third kappa shape index (κ3) is 4.88. The molecule has 4 heteroatoms. The van der Waals surface area contributed by atoms with Gasteiger partial charge >= 0.3 is 11.9 Å². The molecule has 0 bridgehead atoms. The van der Waals surface area contributed by atoms with Gasteiger partial charge in [0.1, 0.15) is 5.60 Å². The standard InChI is InChI=1S/C16H20O4/c1-11(15(18)20-16(3,4)5)14(19-12(2)17)13-9-7-6-8-10-13/h6-10,14H,1H2,2-5H3. The Morgan fingerprint density at radius 1 is 1.15 bits per heavy atom. The van der Waals surface area contributed by atoms with Gasteiger partial charge in [0.05, 0.1) is 5.57 Å². The van der Waals surface area contributed by atoms with E-state index in [4.69, 9.17) is 9.47 Å². The third-order valence-corrected chi connectivity index (χ3v) is 2.36. The highest BCUT2D eigenvalue weighted by atomic mass is 16.6. The fourth-order valence-electron chi connectivity index (χ4n) is 1.58. The Kier molecular flexibility index (Phi) is 5.08. The summed E-state index contributed by atoms with van der Waals surface area (Å²) in [6.45, 7) is 10.3. The molecule has 0 heterocycles. The molecule has 108 valence electrons. The van der Waals surface area contributed by atoms with Gasteiger partial charge in [0.25, 0.3) is 0 Å². The average molecular weight is 276 g/mol. The highest BCUT2D eigenvalue weighted by Crippen LogP contribution is 2.27. The summed E-state index contributed by atoms with van der Waals surface area (Å²) in [5.41, 5.74) is 0.150. The maximum Gasteiger partial charge on any atom is 0.338 e. The van der Waals surface area contributed by atoms with E-state index >= 15 is 0 Å². The van der Waals surface area contributed by atoms with E-state index in [0.29, 0.717) is 5.56 Å². The molecule has 4 nitrogen and oxygen atoms in total. The molecular weight excluding hydrogens is 256 g/mol. The van der Waals surface area contributed by atoms with Crippen molar-refractivity contribution in [3.05, 3.63) is 48.0 Å². The van der Waals surface area contributed by atoms with Crippen molar-refractivity contribution in [1.82, 2.24) is 0 Å². The molecule has 0 amide bonds. The zero-order valence-corrected chi connectivity index (χ0v) is 12.3. The van der Waals surface area contributed by atoms with Crippen molar-refractivity contribution < 1.29 is 19.1 Å². The lowest BCUT2D eigenvalue weighted by Crippen LogP contribution is -2.27. The number of hydrogen-bond donors (Lipinski definition) is 0. The number of benzene rings is 1. The first-order valence-corrected chi connectivity index (χ1v) is 6.35. The van der Waals surface area contributed by atoms with Crippen LogP contribution in [0, 0.1) is 0 Å². The summed E-state index contributed by atoms with van der Waals surface area (Å²) in [5, 5.41) is 0. The molecule has 1 atom stereocenters. The highest BCUT2D eigenvalue weighted by molar-refractivity contribution is 5.90. The van der Waals surface area contributed by atoms with Crippen LogP contribution in [0.4, 0.5) is 0 Å². The second-order valence-electron chi connectivity index (χ2n) is 5.43. The average Bonchev–Trinajstić information content (AvgIpc) is 2.34. The van der Waals surface area contributed by atoms with E-state index in [2.05, 4.69) is 6.58 Å². The van der Waals surface area contributed by atoms with E-state index in [-0.39, 0.29) is 5.57 Å². The van der Waals surface area contributed by atoms with E-state index < -0.39 is 23.6 Å². The topological polar surface area (TPSA) is 52.6 Å². The Morgan fingerprint density at radius 3 is 2.15 bits per heavy atom. The van der Waals surface area contributed by atoms with E-state index in [1.807, 2.05) is 6.07 Å². The van der Waals surface area contributed by atoms with Crippen LogP contribution in [0.25, 0.3) is 0 Å². The molecule has 0 N–H and O–H groups in total. The van der Waals surface area contributed by atoms with Crippen molar-refractivity contribution in [3.8, 4) is 0 Å². The van der Waals surface area contributed by atoms with Gasteiger partial charge in [-0.05, 0) is 26.3 Å². The van der Waals surface area contributed by atoms with Gasteiger partial charge in [0.2, 0.25) is 0 Å². The molecule has 1 unspecified atom stereocenters. The van der Waals surface area contributed by atoms with Crippen molar-refractivity contribution in [2.75, 3.05) is 0 Å². The quantitative estimate of drug-likeness (QED) is 0.626. The molecule has 0 fully saturated rings. The Bertz CT molecular complexity index is 497. The lowest BCUT2D eigenvalue weighted by atomic mass is 10.0. The molecule has 0 spiro atoms. The predicted molar refractivity (Wildman–Crippen MR) is 75.9 cm³/mol. The lowest BCUT2D eigenvalue weighted by Gasteiger charge is -2.24. The van der Waals surface area contributed by atoms with Crippen molar-refractivity contribution in [1.29, 1.82) is 0 Å². The van der Waals surface area contributed by atoms with Crippen molar-refractivity contribution in [2.24, 2.45) is 0 Å². The van der Waals surface area contributed by atoms with Crippen LogP contribution >= 0.6 is 0 Å². The van der Waals surface area contributed by atoms with Gasteiger partial charge in [0.15, 0.2) is 6.10 Å². The van der Waals surface area contributed by atoms with E-state index in [9.17, 15) is 9.59 Å². The maximum atomic E-state index is 12.0. The normalized spacial score (nSPS) is 12.4. The van der Waals surface area contributed by atoms with Crippen LogP contribution < -0.4 is 0 Å². The number of carbonyl (C=O) groups excluding carboxylic acids is 2. The van der Waals surface area contributed by atoms with E-state index in [0.717, 1.165) is 0 Å². The summed E-state index contributed by atoms with van der Waals surface area (Å²) >= 11 is 0. The van der Waals surface area contributed by atoms with Gasteiger partial charge in [-0.15, -0.1) is 0 Å². The molecule has 0 saturated heterocycles. The van der Waals surface area contributed by atoms with Gasteiger partial charge in [-0.25, -0.2) is 4.79 Å². The summed E-state index contributed by atoms with van der Waals surface area (Å²) in [7, 11) is 0. The van der Waals surface area contributed by atoms with Gasteiger partial charge in [-0.1, -0.05) is 36.9 Å². The van der Waals surface area contributed by atoms with E-state index in [1.54, 1.807) is 45.0 Å². The van der Waals surface area contributed by atoms with Crippen LogP contribution in [0.1, 0.15) is 39.4 Å². The van der Waals surface area contributed by atoms with Crippen LogP contribution in [0.15, 0.2) is 42.5 Å². The molecule has 0 radical (unpaired) electrons. The van der Waals surface area contributed by atoms with E-state index in [1.165, 1.54) is 6.92 Å². The van der Waals surface area contributed by atoms with Crippen LogP contribution in [-0.2, 0) is 19.1 Å². The number of carbonyl (C=O) groups is 2. The monoisotopic (exact) mass is 276 g/mol. The Labute approximate surface area is 119 Å². The fourth-order valence-corrected chi connectivity index (χ4v) is 1.58. The molecule has 0 aromatic heterocycles. The molecule has 1 aromatic rings. The first kappa shape index (κ1) is 16.0. The van der Waals surface area contributed by atoms with Crippen molar-refractivity contribution >= 4 is 11.9 Å². The van der Waals surface area contributed by atoms with Gasteiger partial charge < -0.3 is 9.47 Å². The minimum atomic E-state index is -0.830. The largest absolute Gasteiger partial charge is 0.457 e. The minimum Gasteiger partial charge on any atom is -0.457 e. The lowest BCUT2D eigenvalue weighted by molar-refractivity contribution is -0.153. The summed E-state index contributed by atoms with van der Waals surface area (Å²) in [4.78, 5) is 23.3. The SMILES string of the molecule is C=C(C(=O)OC(C)(C)C)C(OC(C)=O)c1ccccc1. The van der Waals surface area contributed by atoms with Crippen LogP contribution in [0.5, 0.6) is 0 Å². The summed E-state index contributed by atoms with van der Waals surface area (Å²) < 4.78 is 10.4. The summed E-state index contributed by atoms with van der Waals surface area (Å²) in [6.07, 6.45) is -0.830. The first-order chi connectivity index (χ1) is 9.20. The molecule has 0 saturated carbocycles. The van der Waals surface area contributed by atoms with Crippen LogP contribution in [0.3, 0.4) is 0 Å². The molecule has 20 heavy (non-hydrogen) atoms. The Hall–Kier alpha value is -2.10. The van der Waals surface area contributed by atoms with Crippen LogP contribution in [0.2, 0.25) is 0 Å². The molecule has 0 aliphatic rings. The predicted octanol–water partition coefficient (Wildman–Crippen LogP) is 3.19. The second-order valence-corrected chi connectivity index (χ2v) is 5.43. The fraction of sp³-hybridized carbons (Fsp3) is 0.375. The number of rotatable bonds is 4. The second kappa shape index (κ2) is 6.37. The van der Waals surface area contributed by atoms with Gasteiger partial charge in [0, 0.05) is 6.92 Å². The highest BCUT2D eigenvalue weighted by Gasteiger charge is 2.27. The first-order valence-electron chi connectivity index (χ1n) is 6.35. The number of esters is 2. The summed E-state index contributed by atoms with van der Waals surface area (Å²) in [5.74, 6) is -1.06. The molecule has 1 aromatic carbocycles. The molecule has 0 aliphatic carbocycles. The Morgan fingerprint density at radius 2 is 1.70 bits per heavy atom. The zero-order valence-electron chi connectivity index (χ0n) is 12.3. The Balaban J connectivity index is 2.97. The van der Waals surface area contributed by atoms with Crippen molar-refractivity contribution in [3.63, 3.8) is 0 Å².